The van der Waals surface area contributed by atoms with Gasteiger partial charge in [-0.05, 0) is 56.6 Å². The second kappa shape index (κ2) is 8.43. The van der Waals surface area contributed by atoms with Crippen LogP contribution >= 0.6 is 22.2 Å². The van der Waals surface area contributed by atoms with Gasteiger partial charge in [0.2, 0.25) is 0 Å². The zero-order valence-electron chi connectivity index (χ0n) is 12.1. The maximum atomic E-state index is 5.94. The molecule has 0 N–H and O–H groups in total. The van der Waals surface area contributed by atoms with Gasteiger partial charge in [0.05, 0.1) is 6.10 Å². The molecular weight excluding hydrogens is 307 g/mol. The number of ether oxygens (including phenoxy) is 1. The summed E-state index contributed by atoms with van der Waals surface area (Å²) in [5.41, 5.74) is 2.83. The number of hydrogen-bond acceptors (Lipinski definition) is 1. The van der Waals surface area contributed by atoms with Gasteiger partial charge < -0.3 is 4.74 Å². The Kier molecular flexibility index (Phi) is 6.89. The van der Waals surface area contributed by atoms with Gasteiger partial charge in [-0.2, -0.15) is 0 Å². The van der Waals surface area contributed by atoms with Gasteiger partial charge in [0.1, 0.15) is 0 Å². The SMILES string of the molecule is Cc1ccc(C2CCC(OCCC[Si](Cl)Cl)CC2)cc1. The van der Waals surface area contributed by atoms with Crippen LogP contribution in [-0.4, -0.2) is 20.1 Å². The summed E-state index contributed by atoms with van der Waals surface area (Å²) in [6, 6.07) is 9.93. The van der Waals surface area contributed by atoms with E-state index in [1.54, 1.807) is 0 Å². The summed E-state index contributed by atoms with van der Waals surface area (Å²) in [6.45, 7) is 2.95. The van der Waals surface area contributed by atoms with E-state index in [4.69, 9.17) is 26.9 Å². The Balaban J connectivity index is 1.68. The lowest BCUT2D eigenvalue weighted by atomic mass is 9.82. The molecule has 4 heteroatoms. The van der Waals surface area contributed by atoms with Crippen molar-refractivity contribution in [1.82, 2.24) is 0 Å². The van der Waals surface area contributed by atoms with Gasteiger partial charge in [-0.1, -0.05) is 29.8 Å². The third-order valence-corrected chi connectivity index (χ3v) is 5.95. The van der Waals surface area contributed by atoms with Crippen molar-refractivity contribution >= 4 is 29.6 Å². The summed E-state index contributed by atoms with van der Waals surface area (Å²) in [7, 11) is -1.12. The van der Waals surface area contributed by atoms with Gasteiger partial charge in [-0.25, -0.2) is 0 Å². The fraction of sp³-hybridized carbons (Fsp3) is 0.625. The standard InChI is InChI=1S/C16H23Cl2OSi/c1-13-3-5-14(6-4-13)15-7-9-16(10-8-15)19-11-2-12-20(17)18/h3-6,15-16H,2,7-12H2,1H3. The Hall–Kier alpha value is -0.0231. The van der Waals surface area contributed by atoms with Gasteiger partial charge in [-0.3, -0.25) is 0 Å². The van der Waals surface area contributed by atoms with Gasteiger partial charge in [0, 0.05) is 6.61 Å². The smallest absolute Gasteiger partial charge is 0.273 e. The van der Waals surface area contributed by atoms with E-state index < -0.39 is 7.42 Å². The molecule has 0 unspecified atom stereocenters. The predicted molar refractivity (Wildman–Crippen MR) is 89.0 cm³/mol. The number of aryl methyl sites for hydroxylation is 1. The second-order valence-electron chi connectivity index (χ2n) is 5.70. The van der Waals surface area contributed by atoms with Crippen LogP contribution in [0.15, 0.2) is 24.3 Å². The summed E-state index contributed by atoms with van der Waals surface area (Å²) < 4.78 is 5.94. The first-order valence-electron chi connectivity index (χ1n) is 7.50. The van der Waals surface area contributed by atoms with E-state index in [9.17, 15) is 0 Å². The minimum absolute atomic E-state index is 0.443. The summed E-state index contributed by atoms with van der Waals surface area (Å²) in [5, 5.41) is 0. The van der Waals surface area contributed by atoms with Crippen LogP contribution in [0.3, 0.4) is 0 Å². The Morgan fingerprint density at radius 1 is 1.10 bits per heavy atom. The van der Waals surface area contributed by atoms with E-state index in [0.29, 0.717) is 6.10 Å². The molecule has 0 amide bonds. The molecule has 1 saturated carbocycles. The molecule has 0 aromatic heterocycles. The lowest BCUT2D eigenvalue weighted by molar-refractivity contribution is 0.0251. The summed E-state index contributed by atoms with van der Waals surface area (Å²) in [5.74, 6) is 0.718. The van der Waals surface area contributed by atoms with Crippen LogP contribution in [0.2, 0.25) is 6.04 Å². The molecule has 0 spiro atoms. The van der Waals surface area contributed by atoms with Crippen molar-refractivity contribution in [3.05, 3.63) is 35.4 Å². The fourth-order valence-corrected chi connectivity index (χ4v) is 4.07. The van der Waals surface area contributed by atoms with Gasteiger partial charge in [-0.15, -0.1) is 22.2 Å². The molecule has 0 saturated heterocycles. The quantitative estimate of drug-likeness (QED) is 0.386. The van der Waals surface area contributed by atoms with Crippen LogP contribution in [0.5, 0.6) is 0 Å². The fourth-order valence-electron chi connectivity index (χ4n) is 2.86. The molecule has 1 aliphatic carbocycles. The maximum absolute atomic E-state index is 5.94. The second-order valence-corrected chi connectivity index (χ2v) is 10.2. The van der Waals surface area contributed by atoms with E-state index in [1.165, 1.54) is 36.8 Å². The normalized spacial score (nSPS) is 23.2. The van der Waals surface area contributed by atoms with Crippen molar-refractivity contribution in [1.29, 1.82) is 0 Å². The van der Waals surface area contributed by atoms with Gasteiger partial charge in [0.15, 0.2) is 0 Å². The molecule has 1 aliphatic rings. The number of rotatable bonds is 6. The van der Waals surface area contributed by atoms with Crippen molar-refractivity contribution in [2.24, 2.45) is 0 Å². The average Bonchev–Trinajstić information content (AvgIpc) is 2.45. The van der Waals surface area contributed by atoms with Crippen LogP contribution in [-0.2, 0) is 4.74 Å². The van der Waals surface area contributed by atoms with Crippen molar-refractivity contribution < 1.29 is 4.74 Å². The van der Waals surface area contributed by atoms with Crippen molar-refractivity contribution in [3.63, 3.8) is 0 Å². The van der Waals surface area contributed by atoms with Crippen molar-refractivity contribution in [2.45, 2.75) is 57.1 Å². The first-order valence-corrected chi connectivity index (χ1v) is 11.2. The molecule has 2 rings (SSSR count). The molecule has 1 aromatic rings. The average molecular weight is 330 g/mol. The van der Waals surface area contributed by atoms with Crippen LogP contribution < -0.4 is 0 Å². The minimum Gasteiger partial charge on any atom is -0.378 e. The third kappa shape index (κ3) is 5.40. The maximum Gasteiger partial charge on any atom is 0.273 e. The van der Waals surface area contributed by atoms with Crippen LogP contribution in [0.4, 0.5) is 0 Å². The van der Waals surface area contributed by atoms with E-state index in [2.05, 4.69) is 31.2 Å². The Bertz CT molecular complexity index is 386. The molecule has 1 aromatic carbocycles. The van der Waals surface area contributed by atoms with Crippen molar-refractivity contribution in [3.8, 4) is 0 Å². The molecule has 0 atom stereocenters. The highest BCUT2D eigenvalue weighted by Crippen LogP contribution is 2.34. The van der Waals surface area contributed by atoms with E-state index >= 15 is 0 Å². The van der Waals surface area contributed by atoms with E-state index in [0.717, 1.165) is 25.0 Å². The Morgan fingerprint density at radius 2 is 1.75 bits per heavy atom. The predicted octanol–water partition coefficient (Wildman–Crippen LogP) is 5.39. The largest absolute Gasteiger partial charge is 0.378 e. The zero-order chi connectivity index (χ0) is 14.4. The van der Waals surface area contributed by atoms with Crippen LogP contribution in [0.1, 0.15) is 49.1 Å². The number of hydrogen-bond donors (Lipinski definition) is 0. The lowest BCUT2D eigenvalue weighted by Gasteiger charge is -2.29. The molecule has 20 heavy (non-hydrogen) atoms. The first-order chi connectivity index (χ1) is 9.65. The molecular formula is C16H23Cl2OSi. The molecule has 1 radical (unpaired) electrons. The summed E-state index contributed by atoms with van der Waals surface area (Å²) in [6.07, 6.45) is 6.29. The lowest BCUT2D eigenvalue weighted by Crippen LogP contribution is -2.21. The highest BCUT2D eigenvalue weighted by atomic mass is 35.7. The Labute approximate surface area is 133 Å². The van der Waals surface area contributed by atoms with Gasteiger partial charge >= 0.3 is 0 Å². The molecule has 0 heterocycles. The Morgan fingerprint density at radius 3 is 2.35 bits per heavy atom. The van der Waals surface area contributed by atoms with Crippen LogP contribution in [0.25, 0.3) is 0 Å². The third-order valence-electron chi connectivity index (χ3n) is 4.09. The topological polar surface area (TPSA) is 9.23 Å². The monoisotopic (exact) mass is 329 g/mol. The first kappa shape index (κ1) is 16.3. The molecule has 111 valence electrons. The highest BCUT2D eigenvalue weighted by molar-refractivity contribution is 7.33. The summed E-state index contributed by atoms with van der Waals surface area (Å²) >= 11 is 11.6. The molecule has 1 fully saturated rings. The number of benzene rings is 1. The van der Waals surface area contributed by atoms with E-state index in [-0.39, 0.29) is 0 Å². The molecule has 0 bridgehead atoms. The van der Waals surface area contributed by atoms with Gasteiger partial charge in [0.25, 0.3) is 7.42 Å². The zero-order valence-corrected chi connectivity index (χ0v) is 14.6. The minimum atomic E-state index is -1.12. The van der Waals surface area contributed by atoms with Crippen molar-refractivity contribution in [2.75, 3.05) is 6.61 Å². The highest BCUT2D eigenvalue weighted by Gasteiger charge is 2.22. The summed E-state index contributed by atoms with van der Waals surface area (Å²) in [4.78, 5) is 0. The van der Waals surface area contributed by atoms with E-state index in [1.807, 2.05) is 0 Å². The van der Waals surface area contributed by atoms with Crippen LogP contribution in [0, 0.1) is 6.92 Å². The number of halogens is 2. The molecule has 0 aliphatic heterocycles. The molecule has 1 nitrogen and oxygen atoms in total.